The number of aliphatic hydroxyl groups excluding tert-OH is 1. The van der Waals surface area contributed by atoms with Gasteiger partial charge >= 0.3 is 11.9 Å². The van der Waals surface area contributed by atoms with Crippen LogP contribution in [0.2, 0.25) is 0 Å². The van der Waals surface area contributed by atoms with Gasteiger partial charge in [-0.15, -0.1) is 0 Å². The third-order valence-electron chi connectivity index (χ3n) is 2.36. The Morgan fingerprint density at radius 3 is 2.52 bits per heavy atom. The normalized spacial score (nSPS) is 13.3. The summed E-state index contributed by atoms with van der Waals surface area (Å²) in [5, 5.41) is 18.1. The molecule has 0 aliphatic carbocycles. The Labute approximate surface area is 127 Å². The quantitative estimate of drug-likeness (QED) is 0.275. The zero-order chi connectivity index (χ0) is 16.4. The number of carboxylic acids is 1. The van der Waals surface area contributed by atoms with Gasteiger partial charge in [-0.05, 0) is 6.92 Å². The van der Waals surface area contributed by atoms with Gasteiger partial charge < -0.3 is 20.7 Å². The number of Topliss-reactive ketones (excluding diaryl/α,β-unsaturated/α-hetero) is 1. The van der Waals surface area contributed by atoms with E-state index in [0.29, 0.717) is 5.75 Å². The van der Waals surface area contributed by atoms with E-state index in [9.17, 15) is 19.5 Å². The summed E-state index contributed by atoms with van der Waals surface area (Å²) in [6, 6.07) is -0.947. The summed E-state index contributed by atoms with van der Waals surface area (Å²) in [6.07, 6.45) is -0.968. The van der Waals surface area contributed by atoms with Crippen molar-refractivity contribution in [3.63, 3.8) is 0 Å². The fourth-order valence-electron chi connectivity index (χ4n) is 1.19. The molecule has 0 fully saturated rings. The predicted molar refractivity (Wildman–Crippen MR) is 79.0 cm³/mol. The molecule has 2 atom stereocenters. The Hall–Kier alpha value is -1.38. The average Bonchev–Trinajstić information content (AvgIpc) is 2.40. The van der Waals surface area contributed by atoms with Gasteiger partial charge in [0.25, 0.3) is 0 Å². The van der Waals surface area contributed by atoms with Crippen LogP contribution in [0.4, 0.5) is 0 Å². The van der Waals surface area contributed by atoms with Gasteiger partial charge in [0, 0.05) is 29.9 Å². The Bertz CT molecular complexity index is 398. The molecule has 1 unspecified atom stereocenters. The number of aliphatic hydroxyl groups is 1. The van der Waals surface area contributed by atoms with Gasteiger partial charge in [-0.2, -0.15) is 11.8 Å². The number of carboxylic acid groups (broad SMARTS) is 1. The van der Waals surface area contributed by atoms with Crippen molar-refractivity contribution in [1.82, 2.24) is 0 Å². The average molecular weight is 319 g/mol. The maximum absolute atomic E-state index is 11.5. The van der Waals surface area contributed by atoms with E-state index in [4.69, 9.17) is 15.6 Å². The van der Waals surface area contributed by atoms with Gasteiger partial charge in [-0.25, -0.2) is 4.79 Å². The van der Waals surface area contributed by atoms with Gasteiger partial charge in [0.05, 0.1) is 6.10 Å². The maximum Gasteiger partial charge on any atom is 0.333 e. The first-order valence-corrected chi connectivity index (χ1v) is 7.48. The van der Waals surface area contributed by atoms with E-state index < -0.39 is 24.1 Å². The third kappa shape index (κ3) is 10.1. The smallest absolute Gasteiger partial charge is 0.333 e. The van der Waals surface area contributed by atoms with Gasteiger partial charge in [-0.3, -0.25) is 9.59 Å². The zero-order valence-electron chi connectivity index (χ0n) is 11.9. The molecule has 0 aliphatic rings. The molecule has 0 rings (SSSR count). The SMILES string of the molecule is C=C(C)C(=O)OCC(O)CC(=O)CCSC[C@H](N)C(=O)O. The molecule has 0 saturated carbocycles. The summed E-state index contributed by atoms with van der Waals surface area (Å²) in [4.78, 5) is 33.1. The van der Waals surface area contributed by atoms with Crippen molar-refractivity contribution in [2.24, 2.45) is 5.73 Å². The Kier molecular flexibility index (Phi) is 9.68. The van der Waals surface area contributed by atoms with Crippen LogP contribution in [0, 0.1) is 0 Å². The Balaban J connectivity index is 3.76. The summed E-state index contributed by atoms with van der Waals surface area (Å²) < 4.78 is 4.72. The number of ether oxygens (including phenoxy) is 1. The van der Waals surface area contributed by atoms with Crippen LogP contribution in [-0.4, -0.2) is 58.2 Å². The monoisotopic (exact) mass is 319 g/mol. The van der Waals surface area contributed by atoms with Crippen LogP contribution in [0.5, 0.6) is 0 Å². The molecule has 0 radical (unpaired) electrons. The van der Waals surface area contributed by atoms with Crippen molar-refractivity contribution < 1.29 is 29.3 Å². The summed E-state index contributed by atoms with van der Waals surface area (Å²) in [5.74, 6) is -1.23. The van der Waals surface area contributed by atoms with Crippen molar-refractivity contribution >= 4 is 29.5 Å². The summed E-state index contributed by atoms with van der Waals surface area (Å²) in [6.45, 7) is 4.62. The largest absolute Gasteiger partial charge is 0.480 e. The molecule has 0 amide bonds. The topological polar surface area (TPSA) is 127 Å². The third-order valence-corrected chi connectivity index (χ3v) is 3.45. The van der Waals surface area contributed by atoms with Crippen LogP contribution in [0.1, 0.15) is 19.8 Å². The summed E-state index contributed by atoms with van der Waals surface area (Å²) >= 11 is 1.26. The molecule has 0 aromatic carbocycles. The van der Waals surface area contributed by atoms with Crippen LogP contribution in [-0.2, 0) is 19.1 Å². The molecular weight excluding hydrogens is 298 g/mol. The number of carbonyl (C=O) groups excluding carboxylic acids is 2. The number of hydrogen-bond donors (Lipinski definition) is 3. The maximum atomic E-state index is 11.5. The molecule has 0 aromatic heterocycles. The minimum Gasteiger partial charge on any atom is -0.480 e. The van der Waals surface area contributed by atoms with Gasteiger partial charge in [0.2, 0.25) is 0 Å². The predicted octanol–water partition coefficient (Wildman–Crippen LogP) is -0.0390. The molecular formula is C13H21NO6S. The molecule has 0 spiro atoms. The minimum absolute atomic E-state index is 0.116. The first kappa shape index (κ1) is 19.6. The molecule has 0 aromatic rings. The lowest BCUT2D eigenvalue weighted by Crippen LogP contribution is -2.32. The van der Waals surface area contributed by atoms with Crippen LogP contribution >= 0.6 is 11.8 Å². The molecule has 4 N–H and O–H groups in total. The fraction of sp³-hybridized carbons (Fsp3) is 0.615. The highest BCUT2D eigenvalue weighted by Crippen LogP contribution is 2.07. The van der Waals surface area contributed by atoms with Crippen molar-refractivity contribution in [2.75, 3.05) is 18.1 Å². The number of carbonyl (C=O) groups is 3. The first-order valence-electron chi connectivity index (χ1n) is 6.32. The number of nitrogens with two attached hydrogens (primary N) is 1. The summed E-state index contributed by atoms with van der Waals surface area (Å²) in [7, 11) is 0. The highest BCUT2D eigenvalue weighted by molar-refractivity contribution is 7.99. The van der Waals surface area contributed by atoms with E-state index in [1.54, 1.807) is 0 Å². The molecule has 0 heterocycles. The highest BCUT2D eigenvalue weighted by Gasteiger charge is 2.15. The van der Waals surface area contributed by atoms with Crippen molar-refractivity contribution in [2.45, 2.75) is 31.9 Å². The van der Waals surface area contributed by atoms with E-state index in [-0.39, 0.29) is 36.6 Å². The van der Waals surface area contributed by atoms with E-state index >= 15 is 0 Å². The number of ketones is 1. The van der Waals surface area contributed by atoms with E-state index in [1.165, 1.54) is 18.7 Å². The van der Waals surface area contributed by atoms with Crippen LogP contribution in [0.25, 0.3) is 0 Å². The van der Waals surface area contributed by atoms with Crippen molar-refractivity contribution in [1.29, 1.82) is 0 Å². The van der Waals surface area contributed by atoms with Crippen molar-refractivity contribution in [3.05, 3.63) is 12.2 Å². The Morgan fingerprint density at radius 2 is 2.00 bits per heavy atom. The first-order chi connectivity index (χ1) is 9.73. The molecule has 7 nitrogen and oxygen atoms in total. The highest BCUT2D eigenvalue weighted by atomic mass is 32.2. The van der Waals surface area contributed by atoms with Gasteiger partial charge in [0.1, 0.15) is 18.4 Å². The van der Waals surface area contributed by atoms with E-state index in [2.05, 4.69) is 6.58 Å². The lowest BCUT2D eigenvalue weighted by molar-refractivity contribution is -0.143. The number of thioether (sulfide) groups is 1. The number of esters is 1. The molecule has 0 saturated heterocycles. The van der Waals surface area contributed by atoms with Crippen LogP contribution in [0.15, 0.2) is 12.2 Å². The fourth-order valence-corrected chi connectivity index (χ4v) is 2.12. The number of rotatable bonds is 11. The minimum atomic E-state index is -1.08. The van der Waals surface area contributed by atoms with Crippen LogP contribution in [0.3, 0.4) is 0 Å². The second-order valence-electron chi connectivity index (χ2n) is 4.55. The Morgan fingerprint density at radius 1 is 1.38 bits per heavy atom. The summed E-state index contributed by atoms with van der Waals surface area (Å²) in [5.41, 5.74) is 5.53. The van der Waals surface area contributed by atoms with Gasteiger partial charge in [-0.1, -0.05) is 6.58 Å². The second-order valence-corrected chi connectivity index (χ2v) is 5.69. The molecule has 0 aliphatic heterocycles. The molecule has 0 bridgehead atoms. The zero-order valence-corrected chi connectivity index (χ0v) is 12.7. The standard InChI is InChI=1S/C13H21NO6S/c1-8(2)13(19)20-6-10(16)5-9(15)3-4-21-7-11(14)12(17)18/h10-11,16H,1,3-7,14H2,2H3,(H,17,18)/t10?,11-/m0/s1. The molecule has 120 valence electrons. The number of aliphatic carboxylic acids is 1. The van der Waals surface area contributed by atoms with Gasteiger partial charge in [0.15, 0.2) is 0 Å². The molecule has 21 heavy (non-hydrogen) atoms. The second kappa shape index (κ2) is 10.4. The number of hydrogen-bond acceptors (Lipinski definition) is 7. The molecule has 8 heteroatoms. The lowest BCUT2D eigenvalue weighted by atomic mass is 10.1. The van der Waals surface area contributed by atoms with Crippen LogP contribution < -0.4 is 5.73 Å². The van der Waals surface area contributed by atoms with Crippen molar-refractivity contribution in [3.8, 4) is 0 Å². The van der Waals surface area contributed by atoms with E-state index in [0.717, 1.165) is 0 Å². The van der Waals surface area contributed by atoms with E-state index in [1.807, 2.05) is 0 Å². The lowest BCUT2D eigenvalue weighted by Gasteiger charge is -2.11.